The maximum absolute atomic E-state index is 6.10. The molecule has 5 heteroatoms. The molecule has 0 spiro atoms. The van der Waals surface area contributed by atoms with Crippen molar-refractivity contribution < 1.29 is 14.2 Å². The summed E-state index contributed by atoms with van der Waals surface area (Å²) in [6, 6.07) is 5.50. The smallest absolute Gasteiger partial charge is 0.133 e. The number of hydrogen-bond acceptors (Lipinski definition) is 4. The van der Waals surface area contributed by atoms with E-state index >= 15 is 0 Å². The summed E-state index contributed by atoms with van der Waals surface area (Å²) in [5.74, 6) is 1.41. The molecule has 0 aliphatic carbocycles. The number of benzene rings is 1. The Morgan fingerprint density at radius 1 is 1.30 bits per heavy atom. The van der Waals surface area contributed by atoms with E-state index < -0.39 is 0 Å². The van der Waals surface area contributed by atoms with Gasteiger partial charge in [-0.25, -0.2) is 0 Å². The normalized spacial score (nSPS) is 26.1. The van der Waals surface area contributed by atoms with Crippen molar-refractivity contribution in [2.45, 2.75) is 45.0 Å². The molecule has 2 atom stereocenters. The summed E-state index contributed by atoms with van der Waals surface area (Å²) >= 11 is 5.08. The van der Waals surface area contributed by atoms with E-state index in [1.165, 1.54) is 0 Å². The molecule has 2 unspecified atom stereocenters. The number of nitrogens with two attached hydrogens (primary N) is 1. The van der Waals surface area contributed by atoms with Crippen LogP contribution in [-0.4, -0.2) is 30.4 Å². The molecule has 1 aliphatic rings. The lowest BCUT2D eigenvalue weighted by Gasteiger charge is -2.32. The average Bonchev–Trinajstić information content (AvgIpc) is 2.37. The van der Waals surface area contributed by atoms with Gasteiger partial charge in [-0.15, -0.1) is 0 Å². The molecule has 4 nitrogen and oxygen atoms in total. The standard InChI is InChI=1S/C15H21NO3S/c1-9-6-12(7-10(2)18-9)19-14-8-11(17-3)4-5-13(14)15(16)20/h4-5,8-10,12H,6-7H2,1-3H3,(H2,16,20). The summed E-state index contributed by atoms with van der Waals surface area (Å²) in [5, 5.41) is 0. The quantitative estimate of drug-likeness (QED) is 0.866. The third-order valence-electron chi connectivity index (χ3n) is 3.40. The first-order valence-corrected chi connectivity index (χ1v) is 7.20. The summed E-state index contributed by atoms with van der Waals surface area (Å²) in [7, 11) is 1.62. The van der Waals surface area contributed by atoms with Crippen LogP contribution < -0.4 is 15.2 Å². The lowest BCUT2D eigenvalue weighted by atomic mass is 10.0. The first kappa shape index (κ1) is 15.1. The van der Waals surface area contributed by atoms with E-state index in [0.29, 0.717) is 10.7 Å². The van der Waals surface area contributed by atoms with Gasteiger partial charge in [-0.05, 0) is 26.0 Å². The molecule has 0 radical (unpaired) electrons. The van der Waals surface area contributed by atoms with Gasteiger partial charge in [0.1, 0.15) is 22.6 Å². The minimum atomic E-state index is 0.106. The van der Waals surface area contributed by atoms with Crippen molar-refractivity contribution in [3.63, 3.8) is 0 Å². The van der Waals surface area contributed by atoms with E-state index in [0.717, 1.165) is 24.2 Å². The van der Waals surface area contributed by atoms with Gasteiger partial charge in [-0.1, -0.05) is 12.2 Å². The Labute approximate surface area is 125 Å². The Balaban J connectivity index is 2.20. The van der Waals surface area contributed by atoms with Crippen LogP contribution in [0.15, 0.2) is 18.2 Å². The van der Waals surface area contributed by atoms with Crippen LogP contribution in [0.4, 0.5) is 0 Å². The maximum Gasteiger partial charge on any atom is 0.133 e. The van der Waals surface area contributed by atoms with Crippen molar-refractivity contribution in [1.82, 2.24) is 0 Å². The van der Waals surface area contributed by atoms with Crippen molar-refractivity contribution in [2.75, 3.05) is 7.11 Å². The van der Waals surface area contributed by atoms with Gasteiger partial charge in [0.15, 0.2) is 0 Å². The first-order valence-electron chi connectivity index (χ1n) is 6.79. The molecule has 0 bridgehead atoms. The van der Waals surface area contributed by atoms with Gasteiger partial charge in [-0.2, -0.15) is 0 Å². The highest BCUT2D eigenvalue weighted by atomic mass is 32.1. The molecule has 1 heterocycles. The molecule has 2 rings (SSSR count). The third kappa shape index (κ3) is 3.61. The van der Waals surface area contributed by atoms with E-state index in [1.54, 1.807) is 7.11 Å². The summed E-state index contributed by atoms with van der Waals surface area (Å²) in [6.07, 6.45) is 2.22. The minimum absolute atomic E-state index is 0.106. The number of rotatable bonds is 4. The summed E-state index contributed by atoms with van der Waals surface area (Å²) in [4.78, 5) is 0.329. The molecule has 0 aromatic heterocycles. The zero-order valence-corrected chi connectivity index (χ0v) is 12.9. The van der Waals surface area contributed by atoms with Crippen molar-refractivity contribution in [3.05, 3.63) is 23.8 Å². The largest absolute Gasteiger partial charge is 0.497 e. The molecular formula is C15H21NO3S. The molecule has 110 valence electrons. The summed E-state index contributed by atoms with van der Waals surface area (Å²) in [6.45, 7) is 4.12. The molecule has 0 saturated carbocycles. The zero-order chi connectivity index (χ0) is 14.7. The summed E-state index contributed by atoms with van der Waals surface area (Å²) in [5.41, 5.74) is 6.49. The first-order chi connectivity index (χ1) is 9.49. The fourth-order valence-corrected chi connectivity index (χ4v) is 2.72. The molecule has 1 aromatic rings. The van der Waals surface area contributed by atoms with Crippen LogP contribution in [0.5, 0.6) is 11.5 Å². The second-order valence-electron chi connectivity index (χ2n) is 5.19. The fraction of sp³-hybridized carbons (Fsp3) is 0.533. The molecule has 2 N–H and O–H groups in total. The van der Waals surface area contributed by atoms with Crippen molar-refractivity contribution in [1.29, 1.82) is 0 Å². The van der Waals surface area contributed by atoms with Gasteiger partial charge in [0.2, 0.25) is 0 Å². The highest BCUT2D eigenvalue weighted by molar-refractivity contribution is 7.80. The number of hydrogen-bond donors (Lipinski definition) is 1. The van der Waals surface area contributed by atoms with Crippen LogP contribution >= 0.6 is 12.2 Å². The third-order valence-corrected chi connectivity index (χ3v) is 3.62. The number of methoxy groups -OCH3 is 1. The molecule has 0 amide bonds. The van der Waals surface area contributed by atoms with E-state index in [9.17, 15) is 0 Å². The predicted octanol–water partition coefficient (Wildman–Crippen LogP) is 2.66. The Hall–Kier alpha value is -1.33. The molecule has 1 saturated heterocycles. The van der Waals surface area contributed by atoms with Gasteiger partial charge in [0.05, 0.1) is 24.9 Å². The van der Waals surface area contributed by atoms with E-state index in [2.05, 4.69) is 13.8 Å². The lowest BCUT2D eigenvalue weighted by molar-refractivity contribution is -0.0721. The topological polar surface area (TPSA) is 53.7 Å². The van der Waals surface area contributed by atoms with Gasteiger partial charge in [-0.3, -0.25) is 0 Å². The summed E-state index contributed by atoms with van der Waals surface area (Å²) < 4.78 is 17.1. The monoisotopic (exact) mass is 295 g/mol. The van der Waals surface area contributed by atoms with Crippen molar-refractivity contribution >= 4 is 17.2 Å². The Morgan fingerprint density at radius 2 is 1.95 bits per heavy atom. The number of thiocarbonyl (C=S) groups is 1. The van der Waals surface area contributed by atoms with Crippen LogP contribution in [0.25, 0.3) is 0 Å². The molecule has 20 heavy (non-hydrogen) atoms. The Bertz CT molecular complexity index is 482. The molecule has 1 aromatic carbocycles. The van der Waals surface area contributed by atoms with Gasteiger partial charge >= 0.3 is 0 Å². The second kappa shape index (κ2) is 6.41. The van der Waals surface area contributed by atoms with Crippen LogP contribution in [0.2, 0.25) is 0 Å². The van der Waals surface area contributed by atoms with Crippen LogP contribution in [0, 0.1) is 0 Å². The maximum atomic E-state index is 6.10. The Morgan fingerprint density at radius 3 is 2.50 bits per heavy atom. The minimum Gasteiger partial charge on any atom is -0.497 e. The molecule has 1 aliphatic heterocycles. The highest BCUT2D eigenvalue weighted by Gasteiger charge is 2.26. The van der Waals surface area contributed by atoms with Gasteiger partial charge in [0, 0.05) is 18.9 Å². The lowest BCUT2D eigenvalue weighted by Crippen LogP contribution is -2.36. The predicted molar refractivity (Wildman–Crippen MR) is 82.5 cm³/mol. The second-order valence-corrected chi connectivity index (χ2v) is 5.63. The van der Waals surface area contributed by atoms with Crippen molar-refractivity contribution in [2.24, 2.45) is 5.73 Å². The van der Waals surface area contributed by atoms with E-state index in [1.807, 2.05) is 18.2 Å². The van der Waals surface area contributed by atoms with Crippen LogP contribution in [-0.2, 0) is 4.74 Å². The Kier molecular flexibility index (Phi) is 4.83. The fourth-order valence-electron chi connectivity index (χ4n) is 2.55. The van der Waals surface area contributed by atoms with Crippen molar-refractivity contribution in [3.8, 4) is 11.5 Å². The van der Waals surface area contributed by atoms with Gasteiger partial charge < -0.3 is 19.9 Å². The van der Waals surface area contributed by atoms with E-state index in [4.69, 9.17) is 32.2 Å². The van der Waals surface area contributed by atoms with Crippen LogP contribution in [0.3, 0.4) is 0 Å². The average molecular weight is 295 g/mol. The van der Waals surface area contributed by atoms with Crippen LogP contribution in [0.1, 0.15) is 32.3 Å². The molecule has 1 fully saturated rings. The molecular weight excluding hydrogens is 274 g/mol. The SMILES string of the molecule is COc1ccc(C(N)=S)c(OC2CC(C)OC(C)C2)c1. The zero-order valence-electron chi connectivity index (χ0n) is 12.1. The van der Waals surface area contributed by atoms with E-state index in [-0.39, 0.29) is 18.3 Å². The number of ether oxygens (including phenoxy) is 3. The van der Waals surface area contributed by atoms with Gasteiger partial charge in [0.25, 0.3) is 0 Å². The highest BCUT2D eigenvalue weighted by Crippen LogP contribution is 2.29.